The number of nitrogens with zero attached hydrogens (tertiary/aromatic N) is 2. The van der Waals surface area contributed by atoms with Crippen molar-refractivity contribution in [2.45, 2.75) is 9.92 Å². The molecule has 0 fully saturated rings. The number of benzene rings is 1. The summed E-state index contributed by atoms with van der Waals surface area (Å²) in [5.41, 5.74) is 0. The van der Waals surface area contributed by atoms with E-state index in [0.717, 1.165) is 9.92 Å². The van der Waals surface area contributed by atoms with Crippen molar-refractivity contribution in [3.63, 3.8) is 0 Å². The summed E-state index contributed by atoms with van der Waals surface area (Å²) in [6.45, 7) is 0. The average molecular weight is 223 g/mol. The van der Waals surface area contributed by atoms with Gasteiger partial charge in [0.25, 0.3) is 0 Å². The minimum atomic E-state index is 0.419. The van der Waals surface area contributed by atoms with E-state index in [1.165, 1.54) is 0 Å². The summed E-state index contributed by atoms with van der Waals surface area (Å²) in [7, 11) is 0. The molecule has 0 saturated carbocycles. The van der Waals surface area contributed by atoms with Crippen LogP contribution in [-0.2, 0) is 0 Å². The molecule has 0 atom stereocenters. The lowest BCUT2D eigenvalue weighted by molar-refractivity contribution is 1.06. The second-order valence-electron chi connectivity index (χ2n) is 2.59. The molecular formula is C10H7ClN2S. The molecule has 0 amide bonds. The standard InChI is InChI=1S/C10H7ClN2S/c11-9-6-13-10(7-12-9)14-8-4-2-1-3-5-8/h1-7H. The predicted molar refractivity (Wildman–Crippen MR) is 57.6 cm³/mol. The lowest BCUT2D eigenvalue weighted by Crippen LogP contribution is -1.82. The van der Waals surface area contributed by atoms with E-state index in [4.69, 9.17) is 11.6 Å². The van der Waals surface area contributed by atoms with Crippen LogP contribution in [0.3, 0.4) is 0 Å². The van der Waals surface area contributed by atoms with Crippen molar-refractivity contribution in [1.82, 2.24) is 9.97 Å². The second kappa shape index (κ2) is 4.44. The normalized spacial score (nSPS) is 10.1. The first kappa shape index (κ1) is 9.49. The molecule has 1 aromatic carbocycles. The summed E-state index contributed by atoms with van der Waals surface area (Å²) in [6, 6.07) is 10.0. The average Bonchev–Trinajstić information content (AvgIpc) is 2.23. The van der Waals surface area contributed by atoms with E-state index >= 15 is 0 Å². The molecular weight excluding hydrogens is 216 g/mol. The fraction of sp³-hybridized carbons (Fsp3) is 0. The van der Waals surface area contributed by atoms with Crippen molar-refractivity contribution in [3.8, 4) is 0 Å². The summed E-state index contributed by atoms with van der Waals surface area (Å²) >= 11 is 7.20. The van der Waals surface area contributed by atoms with Crippen molar-refractivity contribution in [1.29, 1.82) is 0 Å². The zero-order chi connectivity index (χ0) is 9.80. The first-order valence-electron chi connectivity index (χ1n) is 4.05. The van der Waals surface area contributed by atoms with Crippen LogP contribution >= 0.6 is 23.4 Å². The highest BCUT2D eigenvalue weighted by Gasteiger charge is 1.97. The summed E-state index contributed by atoms with van der Waals surface area (Å²) < 4.78 is 0. The fourth-order valence-corrected chi connectivity index (χ4v) is 1.81. The molecule has 1 aromatic heterocycles. The summed E-state index contributed by atoms with van der Waals surface area (Å²) in [4.78, 5) is 9.24. The van der Waals surface area contributed by atoms with Gasteiger partial charge in [0.15, 0.2) is 0 Å². The van der Waals surface area contributed by atoms with Gasteiger partial charge in [-0.1, -0.05) is 41.6 Å². The molecule has 0 unspecified atom stereocenters. The Bertz CT molecular complexity index is 402. The lowest BCUT2D eigenvalue weighted by atomic mass is 10.4. The maximum atomic E-state index is 5.63. The second-order valence-corrected chi connectivity index (χ2v) is 4.07. The number of rotatable bonds is 2. The highest BCUT2D eigenvalue weighted by atomic mass is 35.5. The van der Waals surface area contributed by atoms with E-state index in [0.29, 0.717) is 5.15 Å². The third-order valence-electron chi connectivity index (χ3n) is 1.56. The molecule has 1 heterocycles. The molecule has 0 aliphatic rings. The molecule has 0 bridgehead atoms. The van der Waals surface area contributed by atoms with Crippen LogP contribution in [0.15, 0.2) is 52.6 Å². The Morgan fingerprint density at radius 1 is 1.00 bits per heavy atom. The van der Waals surface area contributed by atoms with E-state index in [2.05, 4.69) is 9.97 Å². The third-order valence-corrected chi connectivity index (χ3v) is 2.69. The Hall–Kier alpha value is -1.06. The topological polar surface area (TPSA) is 25.8 Å². The third kappa shape index (κ3) is 2.47. The molecule has 0 N–H and O–H groups in total. The highest BCUT2D eigenvalue weighted by molar-refractivity contribution is 7.99. The smallest absolute Gasteiger partial charge is 0.147 e. The van der Waals surface area contributed by atoms with Gasteiger partial charge in [0.1, 0.15) is 10.2 Å². The maximum absolute atomic E-state index is 5.63. The minimum Gasteiger partial charge on any atom is -0.245 e. The zero-order valence-corrected chi connectivity index (χ0v) is 8.79. The molecule has 0 aliphatic heterocycles. The van der Waals surface area contributed by atoms with E-state index < -0.39 is 0 Å². The quantitative estimate of drug-likeness (QED) is 0.780. The monoisotopic (exact) mass is 222 g/mol. The van der Waals surface area contributed by atoms with Gasteiger partial charge in [-0.15, -0.1) is 0 Å². The molecule has 2 aromatic rings. The number of halogens is 1. The van der Waals surface area contributed by atoms with Gasteiger partial charge in [-0.3, -0.25) is 0 Å². The van der Waals surface area contributed by atoms with Crippen LogP contribution in [0.4, 0.5) is 0 Å². The number of aromatic nitrogens is 2. The van der Waals surface area contributed by atoms with Crippen LogP contribution in [0, 0.1) is 0 Å². The van der Waals surface area contributed by atoms with Gasteiger partial charge in [-0.2, -0.15) is 0 Å². The van der Waals surface area contributed by atoms with Gasteiger partial charge in [-0.05, 0) is 12.1 Å². The van der Waals surface area contributed by atoms with Gasteiger partial charge in [0.05, 0.1) is 12.4 Å². The van der Waals surface area contributed by atoms with Crippen LogP contribution in [-0.4, -0.2) is 9.97 Å². The summed E-state index contributed by atoms with van der Waals surface area (Å²) in [6.07, 6.45) is 3.22. The largest absolute Gasteiger partial charge is 0.245 e. The van der Waals surface area contributed by atoms with E-state index in [-0.39, 0.29) is 0 Å². The van der Waals surface area contributed by atoms with Crippen LogP contribution in [0.5, 0.6) is 0 Å². The van der Waals surface area contributed by atoms with E-state index in [9.17, 15) is 0 Å². The maximum Gasteiger partial charge on any atom is 0.147 e. The Balaban J connectivity index is 2.16. The van der Waals surface area contributed by atoms with Crippen LogP contribution in [0.25, 0.3) is 0 Å². The molecule has 0 aliphatic carbocycles. The Labute approximate surface area is 91.4 Å². The van der Waals surface area contributed by atoms with Crippen molar-refractivity contribution < 1.29 is 0 Å². The number of hydrogen-bond acceptors (Lipinski definition) is 3. The van der Waals surface area contributed by atoms with Crippen LogP contribution < -0.4 is 0 Å². The molecule has 14 heavy (non-hydrogen) atoms. The van der Waals surface area contributed by atoms with Crippen LogP contribution in [0.2, 0.25) is 5.15 Å². The Morgan fingerprint density at radius 2 is 1.79 bits per heavy atom. The molecule has 0 radical (unpaired) electrons. The zero-order valence-electron chi connectivity index (χ0n) is 7.22. The SMILES string of the molecule is Clc1cnc(Sc2ccccc2)cn1. The molecule has 2 nitrogen and oxygen atoms in total. The number of hydrogen-bond donors (Lipinski definition) is 0. The molecule has 2 rings (SSSR count). The van der Waals surface area contributed by atoms with Gasteiger partial charge >= 0.3 is 0 Å². The van der Waals surface area contributed by atoms with Crippen molar-refractivity contribution in [3.05, 3.63) is 47.9 Å². The van der Waals surface area contributed by atoms with Gasteiger partial charge in [-0.25, -0.2) is 9.97 Å². The van der Waals surface area contributed by atoms with Crippen molar-refractivity contribution in [2.24, 2.45) is 0 Å². The molecule has 0 spiro atoms. The van der Waals surface area contributed by atoms with E-state index in [1.54, 1.807) is 24.2 Å². The van der Waals surface area contributed by atoms with Gasteiger partial charge < -0.3 is 0 Å². The van der Waals surface area contributed by atoms with Gasteiger partial charge in [0, 0.05) is 4.90 Å². The first-order valence-corrected chi connectivity index (χ1v) is 5.24. The molecule has 0 saturated heterocycles. The molecule has 70 valence electrons. The molecule has 4 heteroatoms. The summed E-state index contributed by atoms with van der Waals surface area (Å²) in [5, 5.41) is 1.27. The predicted octanol–water partition coefficient (Wildman–Crippen LogP) is 3.28. The van der Waals surface area contributed by atoms with Crippen molar-refractivity contribution >= 4 is 23.4 Å². The van der Waals surface area contributed by atoms with E-state index in [1.807, 2.05) is 30.3 Å². The Kier molecular flexibility index (Phi) is 3.01. The highest BCUT2D eigenvalue weighted by Crippen LogP contribution is 2.24. The summed E-state index contributed by atoms with van der Waals surface area (Å²) in [5.74, 6) is 0. The Morgan fingerprint density at radius 3 is 2.43 bits per heavy atom. The first-order chi connectivity index (χ1) is 6.84. The van der Waals surface area contributed by atoms with Crippen molar-refractivity contribution in [2.75, 3.05) is 0 Å². The van der Waals surface area contributed by atoms with Crippen LogP contribution in [0.1, 0.15) is 0 Å². The lowest BCUT2D eigenvalue weighted by Gasteiger charge is -1.98. The minimum absolute atomic E-state index is 0.419. The van der Waals surface area contributed by atoms with Gasteiger partial charge in [0.2, 0.25) is 0 Å². The fourth-order valence-electron chi connectivity index (χ4n) is 0.962.